The number of rotatable bonds is 3. The van der Waals surface area contributed by atoms with Crippen LogP contribution in [0.3, 0.4) is 0 Å². The second kappa shape index (κ2) is 4.87. The van der Waals surface area contributed by atoms with E-state index in [1.54, 1.807) is 26.8 Å². The first-order valence-electron chi connectivity index (χ1n) is 5.85. The number of nitriles is 1. The van der Waals surface area contributed by atoms with Crippen LogP contribution >= 0.6 is 0 Å². The highest BCUT2D eigenvalue weighted by atomic mass is 16.3. The number of benzene rings is 1. The number of hydrogen-bond donors (Lipinski definition) is 3. The minimum atomic E-state index is -1.42. The smallest absolute Gasteiger partial charge is 0.148 e. The highest BCUT2D eigenvalue weighted by molar-refractivity contribution is 5.56. The Balaban J connectivity index is 3.16. The summed E-state index contributed by atoms with van der Waals surface area (Å²) in [5.41, 5.74) is 1.05. The van der Waals surface area contributed by atoms with Crippen molar-refractivity contribution < 1.29 is 15.3 Å². The van der Waals surface area contributed by atoms with Crippen LogP contribution in [0.2, 0.25) is 0 Å². The van der Waals surface area contributed by atoms with E-state index in [1.807, 2.05) is 0 Å². The van der Waals surface area contributed by atoms with Gasteiger partial charge in [-0.3, -0.25) is 0 Å². The molecule has 0 amide bonds. The molecule has 1 aromatic carbocycles. The van der Waals surface area contributed by atoms with Crippen LogP contribution in [0.25, 0.3) is 0 Å². The number of hydrogen-bond acceptors (Lipinski definition) is 4. The fraction of sp³-hybridized carbons (Fsp3) is 0.500. The lowest BCUT2D eigenvalue weighted by molar-refractivity contribution is 0.110. The fourth-order valence-electron chi connectivity index (χ4n) is 1.91. The Hall–Kier alpha value is -1.73. The molecule has 1 aromatic rings. The highest BCUT2D eigenvalue weighted by Gasteiger charge is 2.22. The number of nitrogens with zero attached hydrogens (tertiary/aromatic N) is 1. The molecule has 0 aliphatic rings. The molecule has 0 aliphatic heterocycles. The van der Waals surface area contributed by atoms with Gasteiger partial charge in [-0.1, -0.05) is 0 Å². The van der Waals surface area contributed by atoms with E-state index in [0.717, 1.165) is 0 Å². The van der Waals surface area contributed by atoms with Crippen LogP contribution in [-0.4, -0.2) is 20.9 Å². The average molecular weight is 251 g/mol. The summed E-state index contributed by atoms with van der Waals surface area (Å²) in [5.74, 6) is 0.299. The van der Waals surface area contributed by atoms with E-state index >= 15 is 0 Å². The summed E-state index contributed by atoms with van der Waals surface area (Å²) in [6.45, 7) is 6.63. The van der Waals surface area contributed by atoms with Crippen LogP contribution in [0, 0.1) is 32.1 Å². The molecule has 1 unspecified atom stereocenters. The second-order valence-corrected chi connectivity index (χ2v) is 4.94. The van der Waals surface area contributed by atoms with Gasteiger partial charge in [0.1, 0.15) is 17.1 Å². The summed E-state index contributed by atoms with van der Waals surface area (Å²) >= 11 is 0. The van der Waals surface area contributed by atoms with E-state index in [-0.39, 0.29) is 17.9 Å². The third kappa shape index (κ3) is 2.57. The molecule has 4 nitrogen and oxygen atoms in total. The maximum absolute atomic E-state index is 10.1. The number of aliphatic hydroxyl groups is 1. The molecular formula is C14H19NO3. The van der Waals surface area contributed by atoms with Crippen LogP contribution < -0.4 is 0 Å². The Kier molecular flexibility index (Phi) is 3.88. The van der Waals surface area contributed by atoms with Gasteiger partial charge in [-0.15, -0.1) is 0 Å². The molecule has 0 spiro atoms. The number of phenols is 2. The molecule has 98 valence electrons. The van der Waals surface area contributed by atoms with Gasteiger partial charge in [0, 0.05) is 5.56 Å². The molecule has 1 rings (SSSR count). The van der Waals surface area contributed by atoms with Crippen molar-refractivity contribution in [1.82, 2.24) is 0 Å². The second-order valence-electron chi connectivity index (χ2n) is 4.94. The molecule has 0 aromatic heterocycles. The summed E-state index contributed by atoms with van der Waals surface area (Å²) in [4.78, 5) is 0. The van der Waals surface area contributed by atoms with E-state index < -0.39 is 5.60 Å². The molecule has 0 radical (unpaired) electrons. The lowest BCUT2D eigenvalue weighted by Gasteiger charge is -2.18. The third-order valence-electron chi connectivity index (χ3n) is 3.47. The van der Waals surface area contributed by atoms with Gasteiger partial charge < -0.3 is 15.3 Å². The monoisotopic (exact) mass is 251 g/mol. The molecule has 0 bridgehead atoms. The lowest BCUT2D eigenvalue weighted by atomic mass is 9.93. The molecule has 3 N–H and O–H groups in total. The molecule has 0 saturated heterocycles. The molecule has 1 atom stereocenters. The standard InChI is InChI=1S/C14H19NO3/c1-8-9(2)13(17)11(10(3)12(8)16)5-6-14(4,18)7-15/h16-18H,5-6H2,1-4H3/i7+2. The SMILES string of the molecule is Cc1c(C)c(O)c(CCC(C)(O)[14C]#N)c(C)c1O. The maximum Gasteiger partial charge on any atom is 0.148 e. The number of aromatic hydroxyl groups is 2. The predicted octanol–water partition coefficient (Wildman–Crippen LogP) is 2.23. The molecular weight excluding hydrogens is 232 g/mol. The summed E-state index contributed by atoms with van der Waals surface area (Å²) in [6, 6.07) is 1.80. The first kappa shape index (κ1) is 14.3. The van der Waals surface area contributed by atoms with E-state index in [4.69, 9.17) is 5.26 Å². The van der Waals surface area contributed by atoms with Crippen molar-refractivity contribution in [2.45, 2.75) is 46.1 Å². The van der Waals surface area contributed by atoms with Gasteiger partial charge in [-0.2, -0.15) is 5.26 Å². The van der Waals surface area contributed by atoms with Gasteiger partial charge in [-0.25, -0.2) is 0 Å². The van der Waals surface area contributed by atoms with Crippen LogP contribution in [0.1, 0.15) is 35.6 Å². The third-order valence-corrected chi connectivity index (χ3v) is 3.47. The predicted molar refractivity (Wildman–Crippen MR) is 68.5 cm³/mol. The molecule has 18 heavy (non-hydrogen) atoms. The minimum absolute atomic E-state index is 0.136. The Morgan fingerprint density at radius 2 is 1.56 bits per heavy atom. The Labute approximate surface area is 107 Å². The first-order chi connectivity index (χ1) is 8.21. The van der Waals surface area contributed by atoms with Crippen molar-refractivity contribution in [3.63, 3.8) is 0 Å². The minimum Gasteiger partial charge on any atom is -0.507 e. The fourth-order valence-corrected chi connectivity index (χ4v) is 1.91. The zero-order chi connectivity index (χ0) is 14.1. The van der Waals surface area contributed by atoms with Gasteiger partial charge in [0.05, 0.1) is 6.07 Å². The van der Waals surface area contributed by atoms with Crippen molar-refractivity contribution in [2.24, 2.45) is 0 Å². The highest BCUT2D eigenvalue weighted by Crippen LogP contribution is 2.37. The van der Waals surface area contributed by atoms with Crippen LogP contribution in [0.5, 0.6) is 11.5 Å². The molecule has 0 saturated carbocycles. The van der Waals surface area contributed by atoms with Gasteiger partial charge in [0.25, 0.3) is 0 Å². The average Bonchev–Trinajstić information content (AvgIpc) is 2.34. The summed E-state index contributed by atoms with van der Waals surface area (Å²) in [5, 5.41) is 38.4. The van der Waals surface area contributed by atoms with Crippen LogP contribution in [0.4, 0.5) is 0 Å². The maximum atomic E-state index is 10.1. The van der Waals surface area contributed by atoms with E-state index in [1.165, 1.54) is 6.92 Å². The largest absolute Gasteiger partial charge is 0.507 e. The van der Waals surface area contributed by atoms with E-state index in [0.29, 0.717) is 28.7 Å². The van der Waals surface area contributed by atoms with Gasteiger partial charge >= 0.3 is 0 Å². The molecule has 0 fully saturated rings. The molecule has 0 aliphatic carbocycles. The Morgan fingerprint density at radius 1 is 1.06 bits per heavy atom. The summed E-state index contributed by atoms with van der Waals surface area (Å²) in [6.07, 6.45) is 0.548. The first-order valence-corrected chi connectivity index (χ1v) is 5.85. The van der Waals surface area contributed by atoms with Gasteiger partial charge in [-0.05, 0) is 57.2 Å². The van der Waals surface area contributed by atoms with E-state index in [2.05, 4.69) is 0 Å². The Morgan fingerprint density at radius 3 is 2.06 bits per heavy atom. The van der Waals surface area contributed by atoms with E-state index in [9.17, 15) is 15.3 Å². The van der Waals surface area contributed by atoms with Crippen molar-refractivity contribution in [3.05, 3.63) is 22.3 Å². The Bertz CT molecular complexity index is 484. The van der Waals surface area contributed by atoms with Crippen molar-refractivity contribution in [2.75, 3.05) is 0 Å². The van der Waals surface area contributed by atoms with Gasteiger partial charge in [0.2, 0.25) is 0 Å². The topological polar surface area (TPSA) is 84.5 Å². The van der Waals surface area contributed by atoms with Gasteiger partial charge in [0.15, 0.2) is 0 Å². The number of phenolic OH excluding ortho intramolecular Hbond substituents is 2. The lowest BCUT2D eigenvalue weighted by Crippen LogP contribution is -2.22. The van der Waals surface area contributed by atoms with Crippen molar-refractivity contribution in [3.8, 4) is 17.6 Å². The summed E-state index contributed by atoms with van der Waals surface area (Å²) in [7, 11) is 0. The molecule has 0 heterocycles. The quantitative estimate of drug-likeness (QED) is 0.568. The zero-order valence-electron chi connectivity index (χ0n) is 11.2. The van der Waals surface area contributed by atoms with Crippen molar-refractivity contribution in [1.29, 1.82) is 5.26 Å². The zero-order valence-corrected chi connectivity index (χ0v) is 11.2. The summed E-state index contributed by atoms with van der Waals surface area (Å²) < 4.78 is 0. The normalized spacial score (nSPS) is 14.0. The van der Waals surface area contributed by atoms with Crippen LogP contribution in [0.15, 0.2) is 0 Å². The molecule has 4 heteroatoms. The van der Waals surface area contributed by atoms with Crippen molar-refractivity contribution >= 4 is 0 Å². The van der Waals surface area contributed by atoms with Crippen LogP contribution in [-0.2, 0) is 6.42 Å².